The third-order valence-electron chi connectivity index (χ3n) is 2.95. The number of aryl methyl sites for hydroxylation is 1. The lowest BCUT2D eigenvalue weighted by atomic mass is 10.1. The quantitative estimate of drug-likeness (QED) is 0.890. The van der Waals surface area contributed by atoms with E-state index in [1.54, 1.807) is 36.9 Å². The van der Waals surface area contributed by atoms with Crippen LogP contribution in [0.15, 0.2) is 36.7 Å². The summed E-state index contributed by atoms with van der Waals surface area (Å²) in [6, 6.07) is 7.17. The van der Waals surface area contributed by atoms with Crippen molar-refractivity contribution in [3.63, 3.8) is 0 Å². The van der Waals surface area contributed by atoms with E-state index in [9.17, 15) is 4.79 Å². The fourth-order valence-corrected chi connectivity index (χ4v) is 1.74. The predicted octanol–water partition coefficient (Wildman–Crippen LogP) is 1.68. The van der Waals surface area contributed by atoms with Gasteiger partial charge < -0.3 is 10.4 Å². The van der Waals surface area contributed by atoms with Gasteiger partial charge in [-0.25, -0.2) is 4.68 Å². The highest BCUT2D eigenvalue weighted by Crippen LogP contribution is 2.11. The van der Waals surface area contributed by atoms with Crippen molar-refractivity contribution in [2.24, 2.45) is 0 Å². The molecule has 1 heterocycles. The number of hydrogen-bond acceptors (Lipinski definition) is 3. The molecule has 1 aromatic carbocycles. The van der Waals surface area contributed by atoms with E-state index >= 15 is 0 Å². The number of aliphatic hydroxyl groups excluding tert-OH is 1. The monoisotopic (exact) mass is 273 g/mol. The molecular formula is C15H19N3O2. The number of carbonyl (C=O) groups is 1. The normalized spacial score (nSPS) is 11.4. The second-order valence-electron chi connectivity index (χ2n) is 5.51. The maximum absolute atomic E-state index is 12.0. The fourth-order valence-electron chi connectivity index (χ4n) is 1.74. The third-order valence-corrected chi connectivity index (χ3v) is 2.95. The molecule has 0 radical (unpaired) electrons. The molecule has 0 spiro atoms. The van der Waals surface area contributed by atoms with Crippen molar-refractivity contribution in [1.29, 1.82) is 0 Å². The Kier molecular flexibility index (Phi) is 3.90. The Bertz CT molecular complexity index is 600. The lowest BCUT2D eigenvalue weighted by molar-refractivity contribution is 0.0869. The number of benzene rings is 1. The molecule has 2 N–H and O–H groups in total. The van der Waals surface area contributed by atoms with Crippen LogP contribution in [-0.4, -0.2) is 32.9 Å². The molecule has 0 saturated heterocycles. The Morgan fingerprint density at radius 1 is 1.35 bits per heavy atom. The number of hydrogen-bond donors (Lipinski definition) is 2. The molecule has 0 aliphatic rings. The van der Waals surface area contributed by atoms with E-state index in [-0.39, 0.29) is 12.5 Å². The van der Waals surface area contributed by atoms with Crippen LogP contribution in [0.3, 0.4) is 0 Å². The van der Waals surface area contributed by atoms with Gasteiger partial charge in [-0.2, -0.15) is 5.10 Å². The standard InChI is InChI=1S/C15H19N3O2/c1-11-8-16-18(9-11)13-6-4-12(5-7-13)14(20)17-15(2,3)10-19/h4-9,19H,10H2,1-3H3,(H,17,20). The van der Waals surface area contributed by atoms with Crippen LogP contribution in [0.2, 0.25) is 0 Å². The number of carbonyl (C=O) groups excluding carboxylic acids is 1. The van der Waals surface area contributed by atoms with Crippen LogP contribution in [0, 0.1) is 6.92 Å². The average molecular weight is 273 g/mol. The Balaban J connectivity index is 2.14. The van der Waals surface area contributed by atoms with Gasteiger partial charge >= 0.3 is 0 Å². The number of rotatable bonds is 4. The van der Waals surface area contributed by atoms with E-state index in [1.165, 1.54) is 0 Å². The van der Waals surface area contributed by atoms with Gasteiger partial charge in [0.25, 0.3) is 5.91 Å². The molecule has 106 valence electrons. The fraction of sp³-hybridized carbons (Fsp3) is 0.333. The first-order valence-corrected chi connectivity index (χ1v) is 6.46. The highest BCUT2D eigenvalue weighted by Gasteiger charge is 2.19. The van der Waals surface area contributed by atoms with Gasteiger partial charge in [-0.1, -0.05) is 0 Å². The van der Waals surface area contributed by atoms with Gasteiger partial charge in [-0.15, -0.1) is 0 Å². The zero-order valence-corrected chi connectivity index (χ0v) is 11.9. The number of nitrogens with zero attached hydrogens (tertiary/aromatic N) is 2. The second-order valence-corrected chi connectivity index (χ2v) is 5.51. The number of amides is 1. The molecule has 0 unspecified atom stereocenters. The second kappa shape index (κ2) is 5.46. The minimum atomic E-state index is -0.630. The van der Waals surface area contributed by atoms with Crippen molar-refractivity contribution in [3.8, 4) is 5.69 Å². The summed E-state index contributed by atoms with van der Waals surface area (Å²) in [6.45, 7) is 5.41. The van der Waals surface area contributed by atoms with Crippen molar-refractivity contribution in [2.75, 3.05) is 6.61 Å². The Hall–Kier alpha value is -2.14. The SMILES string of the molecule is Cc1cnn(-c2ccc(C(=O)NC(C)(C)CO)cc2)c1. The van der Waals surface area contributed by atoms with Crippen LogP contribution in [-0.2, 0) is 0 Å². The topological polar surface area (TPSA) is 67.2 Å². The number of aromatic nitrogens is 2. The molecule has 0 aliphatic heterocycles. The summed E-state index contributed by atoms with van der Waals surface area (Å²) in [5, 5.41) is 16.1. The molecule has 20 heavy (non-hydrogen) atoms. The van der Waals surface area contributed by atoms with E-state index in [0.717, 1.165) is 11.3 Å². The van der Waals surface area contributed by atoms with Gasteiger partial charge in [0.2, 0.25) is 0 Å². The molecule has 5 nitrogen and oxygen atoms in total. The summed E-state index contributed by atoms with van der Waals surface area (Å²) in [5.41, 5.74) is 1.90. The van der Waals surface area contributed by atoms with Gasteiger partial charge in [0.15, 0.2) is 0 Å². The first-order chi connectivity index (χ1) is 9.41. The molecule has 1 aromatic heterocycles. The van der Waals surface area contributed by atoms with Crippen LogP contribution in [0.1, 0.15) is 29.8 Å². The molecule has 1 amide bonds. The summed E-state index contributed by atoms with van der Waals surface area (Å²) in [7, 11) is 0. The number of nitrogens with one attached hydrogen (secondary N) is 1. The average Bonchev–Trinajstić information content (AvgIpc) is 2.85. The van der Waals surface area contributed by atoms with E-state index in [0.29, 0.717) is 5.56 Å². The van der Waals surface area contributed by atoms with E-state index in [2.05, 4.69) is 10.4 Å². The molecule has 0 saturated carbocycles. The molecule has 0 bridgehead atoms. The molecule has 5 heteroatoms. The van der Waals surface area contributed by atoms with Crippen molar-refractivity contribution in [3.05, 3.63) is 47.8 Å². The Morgan fingerprint density at radius 2 is 2.00 bits per heavy atom. The summed E-state index contributed by atoms with van der Waals surface area (Å²) >= 11 is 0. The highest BCUT2D eigenvalue weighted by atomic mass is 16.3. The van der Waals surface area contributed by atoms with Gasteiger partial charge in [-0.3, -0.25) is 4.79 Å². The van der Waals surface area contributed by atoms with Crippen molar-refractivity contribution in [2.45, 2.75) is 26.3 Å². The predicted molar refractivity (Wildman–Crippen MR) is 76.9 cm³/mol. The number of aliphatic hydroxyl groups is 1. The largest absolute Gasteiger partial charge is 0.394 e. The Labute approximate surface area is 118 Å². The Morgan fingerprint density at radius 3 is 2.50 bits per heavy atom. The maximum Gasteiger partial charge on any atom is 0.251 e. The van der Waals surface area contributed by atoms with Gasteiger partial charge in [-0.05, 0) is 50.6 Å². The molecule has 2 aromatic rings. The molecule has 0 atom stereocenters. The van der Waals surface area contributed by atoms with Gasteiger partial charge in [0, 0.05) is 11.8 Å². The summed E-state index contributed by atoms with van der Waals surface area (Å²) in [5.74, 6) is -0.202. The third kappa shape index (κ3) is 3.24. The minimum Gasteiger partial charge on any atom is -0.394 e. The smallest absolute Gasteiger partial charge is 0.251 e. The minimum absolute atomic E-state index is 0.108. The van der Waals surface area contributed by atoms with E-state index in [1.807, 2.05) is 25.3 Å². The molecule has 2 rings (SSSR count). The van der Waals surface area contributed by atoms with Gasteiger partial charge in [0.1, 0.15) is 0 Å². The van der Waals surface area contributed by atoms with Gasteiger partial charge in [0.05, 0.1) is 24.0 Å². The summed E-state index contributed by atoms with van der Waals surface area (Å²) in [6.07, 6.45) is 3.70. The first-order valence-electron chi connectivity index (χ1n) is 6.46. The zero-order chi connectivity index (χ0) is 14.8. The van der Waals surface area contributed by atoms with Crippen molar-refractivity contribution in [1.82, 2.24) is 15.1 Å². The molecular weight excluding hydrogens is 254 g/mol. The lowest BCUT2D eigenvalue weighted by Crippen LogP contribution is -2.46. The highest BCUT2D eigenvalue weighted by molar-refractivity contribution is 5.94. The zero-order valence-electron chi connectivity index (χ0n) is 11.9. The van der Waals surface area contributed by atoms with Crippen molar-refractivity contribution < 1.29 is 9.90 Å². The van der Waals surface area contributed by atoms with Crippen LogP contribution in [0.4, 0.5) is 0 Å². The summed E-state index contributed by atoms with van der Waals surface area (Å²) < 4.78 is 1.76. The van der Waals surface area contributed by atoms with E-state index in [4.69, 9.17) is 5.11 Å². The van der Waals surface area contributed by atoms with Crippen LogP contribution >= 0.6 is 0 Å². The maximum atomic E-state index is 12.0. The summed E-state index contributed by atoms with van der Waals surface area (Å²) in [4.78, 5) is 12.0. The van der Waals surface area contributed by atoms with Crippen LogP contribution in [0.25, 0.3) is 5.69 Å². The molecule has 0 aliphatic carbocycles. The van der Waals surface area contributed by atoms with Crippen LogP contribution in [0.5, 0.6) is 0 Å². The lowest BCUT2D eigenvalue weighted by Gasteiger charge is -2.23. The molecule has 0 fully saturated rings. The van der Waals surface area contributed by atoms with Crippen LogP contribution < -0.4 is 5.32 Å². The van der Waals surface area contributed by atoms with E-state index < -0.39 is 5.54 Å². The van der Waals surface area contributed by atoms with Crippen molar-refractivity contribution >= 4 is 5.91 Å². The first kappa shape index (κ1) is 14.3.